The minimum atomic E-state index is -0.205. The second-order valence-electron chi connectivity index (χ2n) is 11.2. The maximum absolute atomic E-state index is 13.5. The smallest absolute Gasteiger partial charge is 0.252 e. The number of benzene rings is 2. The molecule has 1 atom stereocenters. The van der Waals surface area contributed by atoms with Crippen LogP contribution in [0.2, 0.25) is 0 Å². The number of nitrogens with two attached hydrogens (primary N) is 1. The van der Waals surface area contributed by atoms with Gasteiger partial charge in [0.15, 0.2) is 17.3 Å². The van der Waals surface area contributed by atoms with Crippen LogP contribution in [0.25, 0.3) is 34.1 Å². The molecule has 46 heavy (non-hydrogen) atoms. The fourth-order valence-corrected chi connectivity index (χ4v) is 6.01. The molecular formula is C35H31N9O2. The van der Waals surface area contributed by atoms with E-state index < -0.39 is 0 Å². The van der Waals surface area contributed by atoms with Crippen molar-refractivity contribution in [3.63, 3.8) is 0 Å². The van der Waals surface area contributed by atoms with Gasteiger partial charge < -0.3 is 16.0 Å². The average Bonchev–Trinajstić information content (AvgIpc) is 3.83. The molecule has 11 nitrogen and oxygen atoms in total. The summed E-state index contributed by atoms with van der Waals surface area (Å²) < 4.78 is 3.71. The van der Waals surface area contributed by atoms with Gasteiger partial charge in [0, 0.05) is 43.4 Å². The van der Waals surface area contributed by atoms with Crippen LogP contribution < -0.4 is 11.1 Å². The molecule has 3 N–H and O–H groups in total. The number of imidazole rings is 1. The van der Waals surface area contributed by atoms with E-state index in [0.29, 0.717) is 46.3 Å². The fraction of sp³-hybridized carbons (Fsp3) is 0.143. The molecule has 1 unspecified atom stereocenters. The molecule has 0 fully saturated rings. The molecule has 0 aliphatic heterocycles. The summed E-state index contributed by atoms with van der Waals surface area (Å²) in [6, 6.07) is 22.8. The quantitative estimate of drug-likeness (QED) is 0.236. The van der Waals surface area contributed by atoms with Gasteiger partial charge in [-0.1, -0.05) is 30.8 Å². The van der Waals surface area contributed by atoms with Crippen molar-refractivity contribution in [1.29, 1.82) is 0 Å². The number of rotatable bonds is 8. The van der Waals surface area contributed by atoms with Crippen molar-refractivity contribution in [3.8, 4) is 22.9 Å². The number of nitrogen functional groups attached to an aromatic ring is 1. The standard InChI is InChI=1S/C35H31N9O2/c1-3-31(45)42(2)21-23-8-4-5-9-26(23)35(46)40-28-14-11-22-20-24(12-13-25(22)28)44-33(27-10-6-17-37-32(27)36)39-29-15-16-30(41-34(29)44)43-19-7-18-38-43/h3-10,12-13,15-20,28H,1,11,14,21H2,2H3,(H2,36,37)(H,40,46). The Morgan fingerprint density at radius 1 is 1.07 bits per heavy atom. The zero-order chi connectivity index (χ0) is 31.8. The third kappa shape index (κ3) is 5.17. The molecule has 6 aromatic rings. The van der Waals surface area contributed by atoms with Crippen LogP contribution in [0.3, 0.4) is 0 Å². The Hall–Kier alpha value is -6.10. The highest BCUT2D eigenvalue weighted by atomic mass is 16.2. The topological polar surface area (TPSA) is 137 Å². The molecule has 4 aromatic heterocycles. The Morgan fingerprint density at radius 2 is 1.93 bits per heavy atom. The first-order valence-electron chi connectivity index (χ1n) is 14.9. The second-order valence-corrected chi connectivity index (χ2v) is 11.2. The molecule has 1 aliphatic rings. The second kappa shape index (κ2) is 11.8. The molecular weight excluding hydrogens is 578 g/mol. The fourth-order valence-electron chi connectivity index (χ4n) is 6.01. The van der Waals surface area contributed by atoms with Gasteiger partial charge in [-0.25, -0.2) is 19.6 Å². The van der Waals surface area contributed by atoms with E-state index in [0.717, 1.165) is 35.2 Å². The first-order valence-corrected chi connectivity index (χ1v) is 14.9. The van der Waals surface area contributed by atoms with Gasteiger partial charge in [0.05, 0.1) is 11.6 Å². The van der Waals surface area contributed by atoms with Gasteiger partial charge in [0.25, 0.3) is 5.91 Å². The molecule has 1 aliphatic carbocycles. The Bertz CT molecular complexity index is 2120. The van der Waals surface area contributed by atoms with Gasteiger partial charge in [-0.15, -0.1) is 0 Å². The van der Waals surface area contributed by atoms with Gasteiger partial charge in [0.1, 0.15) is 11.3 Å². The molecule has 0 bridgehead atoms. The average molecular weight is 610 g/mol. The van der Waals surface area contributed by atoms with Crippen LogP contribution in [0.5, 0.6) is 0 Å². The first kappa shape index (κ1) is 28.7. The Balaban J connectivity index is 1.23. The summed E-state index contributed by atoms with van der Waals surface area (Å²) in [4.78, 5) is 41.3. The van der Waals surface area contributed by atoms with Crippen molar-refractivity contribution in [2.75, 3.05) is 12.8 Å². The van der Waals surface area contributed by atoms with Gasteiger partial charge >= 0.3 is 0 Å². The van der Waals surface area contributed by atoms with Crippen LogP contribution >= 0.6 is 0 Å². The van der Waals surface area contributed by atoms with E-state index in [1.807, 2.05) is 65.4 Å². The lowest BCUT2D eigenvalue weighted by atomic mass is 10.0. The Kier molecular flexibility index (Phi) is 7.33. The highest BCUT2D eigenvalue weighted by molar-refractivity contribution is 5.96. The number of likely N-dealkylation sites (N-methyl/N-ethyl adjacent to an activating group) is 1. The Labute approximate surface area is 265 Å². The van der Waals surface area contributed by atoms with E-state index in [4.69, 9.17) is 15.7 Å². The third-order valence-electron chi connectivity index (χ3n) is 8.30. The zero-order valence-electron chi connectivity index (χ0n) is 25.2. The van der Waals surface area contributed by atoms with E-state index in [1.54, 1.807) is 30.2 Å². The summed E-state index contributed by atoms with van der Waals surface area (Å²) in [5, 5.41) is 7.58. The predicted octanol–water partition coefficient (Wildman–Crippen LogP) is 4.81. The van der Waals surface area contributed by atoms with E-state index >= 15 is 0 Å². The SMILES string of the molecule is C=CC(=O)N(C)Cc1ccccc1C(=O)NC1CCc2cc(-n3c(-c4cccnc4N)nc4ccc(-n5cccn5)nc43)ccc21. The van der Waals surface area contributed by atoms with Gasteiger partial charge in [-0.05, 0) is 84.1 Å². The number of nitrogens with one attached hydrogen (secondary N) is 1. The largest absolute Gasteiger partial charge is 0.383 e. The van der Waals surface area contributed by atoms with Crippen LogP contribution in [0.1, 0.15) is 39.5 Å². The van der Waals surface area contributed by atoms with Crippen molar-refractivity contribution in [3.05, 3.63) is 126 Å². The van der Waals surface area contributed by atoms with E-state index in [1.165, 1.54) is 11.0 Å². The number of anilines is 1. The number of hydrogen-bond acceptors (Lipinski definition) is 7. The molecule has 0 saturated heterocycles. The van der Waals surface area contributed by atoms with Gasteiger partial charge in [0.2, 0.25) is 5.91 Å². The summed E-state index contributed by atoms with van der Waals surface area (Å²) in [5.41, 5.74) is 12.8. The van der Waals surface area contributed by atoms with Gasteiger partial charge in [-0.2, -0.15) is 5.10 Å². The molecule has 0 spiro atoms. The maximum atomic E-state index is 13.5. The summed E-state index contributed by atoms with van der Waals surface area (Å²) >= 11 is 0. The maximum Gasteiger partial charge on any atom is 0.252 e. The number of pyridine rings is 2. The monoisotopic (exact) mass is 609 g/mol. The number of fused-ring (bicyclic) bond motifs is 2. The lowest BCUT2D eigenvalue weighted by Crippen LogP contribution is -2.30. The predicted molar refractivity (Wildman–Crippen MR) is 175 cm³/mol. The molecule has 7 rings (SSSR count). The molecule has 2 aromatic carbocycles. The minimum Gasteiger partial charge on any atom is -0.383 e. The van der Waals surface area contributed by atoms with Crippen molar-refractivity contribution >= 4 is 28.8 Å². The lowest BCUT2D eigenvalue weighted by Gasteiger charge is -2.19. The number of aryl methyl sites for hydroxylation is 1. The van der Waals surface area contributed by atoms with Crippen LogP contribution in [-0.2, 0) is 17.8 Å². The number of amides is 2. The van der Waals surface area contributed by atoms with Crippen molar-refractivity contribution < 1.29 is 9.59 Å². The van der Waals surface area contributed by atoms with Crippen LogP contribution in [0, 0.1) is 0 Å². The summed E-state index contributed by atoms with van der Waals surface area (Å²) in [5.74, 6) is 1.28. The number of nitrogens with zero attached hydrogens (tertiary/aromatic N) is 7. The molecule has 228 valence electrons. The van der Waals surface area contributed by atoms with E-state index in [9.17, 15) is 9.59 Å². The normalized spacial score (nSPS) is 13.8. The lowest BCUT2D eigenvalue weighted by molar-refractivity contribution is -0.125. The minimum absolute atomic E-state index is 0.158. The van der Waals surface area contributed by atoms with Crippen molar-refractivity contribution in [1.82, 2.24) is 39.5 Å². The number of carbonyl (C=O) groups excluding carboxylic acids is 2. The number of carbonyl (C=O) groups is 2. The van der Waals surface area contributed by atoms with E-state index in [-0.39, 0.29) is 17.9 Å². The molecule has 0 radical (unpaired) electrons. The summed E-state index contributed by atoms with van der Waals surface area (Å²) in [6.07, 6.45) is 8.02. The number of aromatic nitrogens is 6. The molecule has 11 heteroatoms. The third-order valence-corrected chi connectivity index (χ3v) is 8.30. The van der Waals surface area contributed by atoms with Crippen molar-refractivity contribution in [2.24, 2.45) is 0 Å². The number of hydrogen-bond donors (Lipinski definition) is 2. The highest BCUT2D eigenvalue weighted by Gasteiger charge is 2.27. The van der Waals surface area contributed by atoms with Crippen LogP contribution in [0.15, 0.2) is 104 Å². The molecule has 0 saturated carbocycles. The summed E-state index contributed by atoms with van der Waals surface area (Å²) in [7, 11) is 1.69. The van der Waals surface area contributed by atoms with Crippen molar-refractivity contribution in [2.45, 2.75) is 25.4 Å². The first-order chi connectivity index (χ1) is 22.4. The van der Waals surface area contributed by atoms with Crippen LogP contribution in [-0.4, -0.2) is 53.1 Å². The molecule has 4 heterocycles. The Morgan fingerprint density at radius 3 is 2.74 bits per heavy atom. The zero-order valence-corrected chi connectivity index (χ0v) is 25.2. The molecule has 2 amide bonds. The van der Waals surface area contributed by atoms with E-state index in [2.05, 4.69) is 34.1 Å². The summed E-state index contributed by atoms with van der Waals surface area (Å²) in [6.45, 7) is 3.86. The van der Waals surface area contributed by atoms with Gasteiger partial charge in [-0.3, -0.25) is 14.2 Å². The van der Waals surface area contributed by atoms with Crippen LogP contribution in [0.4, 0.5) is 5.82 Å². The highest BCUT2D eigenvalue weighted by Crippen LogP contribution is 2.36.